The van der Waals surface area contributed by atoms with Crippen molar-refractivity contribution in [2.45, 2.75) is 19.3 Å². The fourth-order valence-electron chi connectivity index (χ4n) is 8.60. The molecule has 0 saturated heterocycles. The predicted octanol–water partition coefficient (Wildman–Crippen LogP) is 12.3. The lowest BCUT2D eigenvalue weighted by atomic mass is 9.82. The fourth-order valence-corrected chi connectivity index (χ4v) is 8.60. The van der Waals surface area contributed by atoms with E-state index < -0.39 is 0 Å². The third-order valence-electron chi connectivity index (χ3n) is 11.0. The molecule has 0 amide bonds. The van der Waals surface area contributed by atoms with Crippen molar-refractivity contribution in [1.29, 1.82) is 0 Å². The van der Waals surface area contributed by atoms with Crippen molar-refractivity contribution in [1.82, 2.24) is 14.5 Å². The van der Waals surface area contributed by atoms with E-state index in [1.165, 1.54) is 44.1 Å². The third kappa shape index (κ3) is 3.90. The molecule has 0 aliphatic heterocycles. The summed E-state index contributed by atoms with van der Waals surface area (Å²) in [6, 6.07) is 53.7. The molecule has 51 heavy (non-hydrogen) atoms. The van der Waals surface area contributed by atoms with E-state index in [0.717, 1.165) is 55.3 Å². The van der Waals surface area contributed by atoms with E-state index in [-0.39, 0.29) is 5.41 Å². The van der Waals surface area contributed by atoms with Crippen molar-refractivity contribution in [3.8, 4) is 39.5 Å². The molecule has 3 aromatic heterocycles. The smallest absolute Gasteiger partial charge is 0.160 e. The largest absolute Gasteiger partial charge is 0.455 e. The molecule has 10 aromatic rings. The van der Waals surface area contributed by atoms with Crippen LogP contribution in [0.25, 0.3) is 94.1 Å². The Balaban J connectivity index is 1.13. The van der Waals surface area contributed by atoms with Crippen molar-refractivity contribution in [2.24, 2.45) is 0 Å². The molecule has 4 nitrogen and oxygen atoms in total. The van der Waals surface area contributed by atoms with Gasteiger partial charge in [0.25, 0.3) is 0 Å². The first-order valence-corrected chi connectivity index (χ1v) is 17.5. The summed E-state index contributed by atoms with van der Waals surface area (Å²) in [4.78, 5) is 10.1. The van der Waals surface area contributed by atoms with Gasteiger partial charge in [0, 0.05) is 54.7 Å². The molecular formula is C47H31N3O. The van der Waals surface area contributed by atoms with Gasteiger partial charge in [-0.1, -0.05) is 117 Å². The van der Waals surface area contributed by atoms with Crippen LogP contribution in [0, 0.1) is 0 Å². The van der Waals surface area contributed by atoms with E-state index in [1.807, 2.05) is 24.3 Å². The minimum atomic E-state index is -0.171. The Kier molecular flexibility index (Phi) is 5.70. The van der Waals surface area contributed by atoms with E-state index in [2.05, 4.69) is 146 Å². The molecule has 0 saturated carbocycles. The summed E-state index contributed by atoms with van der Waals surface area (Å²) in [7, 11) is 0. The summed E-state index contributed by atoms with van der Waals surface area (Å²) in [6.07, 6.45) is 0. The molecule has 0 atom stereocenters. The van der Waals surface area contributed by atoms with Gasteiger partial charge >= 0.3 is 0 Å². The van der Waals surface area contributed by atoms with Crippen LogP contribution in [0.3, 0.4) is 0 Å². The first kappa shape index (κ1) is 28.3. The van der Waals surface area contributed by atoms with Crippen LogP contribution in [0.4, 0.5) is 0 Å². The van der Waals surface area contributed by atoms with E-state index in [1.54, 1.807) is 0 Å². The Morgan fingerprint density at radius 3 is 2.04 bits per heavy atom. The van der Waals surface area contributed by atoms with E-state index in [4.69, 9.17) is 14.4 Å². The van der Waals surface area contributed by atoms with E-state index >= 15 is 0 Å². The van der Waals surface area contributed by atoms with Gasteiger partial charge in [-0.3, -0.25) is 0 Å². The van der Waals surface area contributed by atoms with Crippen LogP contribution in [-0.4, -0.2) is 14.5 Å². The summed E-state index contributed by atoms with van der Waals surface area (Å²) in [6.45, 7) is 4.68. The molecule has 0 fully saturated rings. The Morgan fingerprint density at radius 1 is 0.510 bits per heavy atom. The van der Waals surface area contributed by atoms with Crippen LogP contribution >= 0.6 is 0 Å². The number of para-hydroxylation sites is 3. The van der Waals surface area contributed by atoms with Crippen molar-refractivity contribution >= 4 is 54.6 Å². The second-order valence-corrected chi connectivity index (χ2v) is 14.1. The van der Waals surface area contributed by atoms with Crippen LogP contribution < -0.4 is 0 Å². The third-order valence-corrected chi connectivity index (χ3v) is 11.0. The maximum atomic E-state index is 6.70. The number of benzene rings is 7. The van der Waals surface area contributed by atoms with Gasteiger partial charge in [0.2, 0.25) is 0 Å². The maximum Gasteiger partial charge on any atom is 0.160 e. The highest BCUT2D eigenvalue weighted by Crippen LogP contribution is 2.56. The molecule has 0 spiro atoms. The number of nitrogens with zero attached hydrogens (tertiary/aromatic N) is 3. The maximum absolute atomic E-state index is 6.70. The molecule has 0 bridgehead atoms. The van der Waals surface area contributed by atoms with Crippen molar-refractivity contribution in [3.63, 3.8) is 0 Å². The number of rotatable bonds is 3. The summed E-state index contributed by atoms with van der Waals surface area (Å²) in [5.74, 6) is 0.716. The molecular weight excluding hydrogens is 623 g/mol. The minimum Gasteiger partial charge on any atom is -0.455 e. The van der Waals surface area contributed by atoms with Gasteiger partial charge in [0.15, 0.2) is 5.82 Å². The first-order chi connectivity index (χ1) is 25.1. The molecule has 0 unspecified atom stereocenters. The Hall–Kier alpha value is -6.52. The molecule has 4 heteroatoms. The number of hydrogen-bond donors (Lipinski definition) is 0. The predicted molar refractivity (Wildman–Crippen MR) is 210 cm³/mol. The van der Waals surface area contributed by atoms with Gasteiger partial charge in [-0.25, -0.2) is 9.97 Å². The highest BCUT2D eigenvalue weighted by atomic mass is 16.3. The van der Waals surface area contributed by atoms with Gasteiger partial charge in [0.05, 0.1) is 22.2 Å². The number of furan rings is 1. The van der Waals surface area contributed by atoms with Gasteiger partial charge in [-0.05, 0) is 65.2 Å². The number of fused-ring (bicyclic) bond motifs is 12. The Labute approximate surface area is 294 Å². The van der Waals surface area contributed by atoms with Gasteiger partial charge in [0.1, 0.15) is 11.2 Å². The molecule has 1 aliphatic carbocycles. The molecule has 11 rings (SSSR count). The summed E-state index contributed by atoms with van der Waals surface area (Å²) in [5.41, 5.74) is 14.2. The van der Waals surface area contributed by atoms with Crippen LogP contribution in [0.1, 0.15) is 25.0 Å². The van der Waals surface area contributed by atoms with Crippen molar-refractivity contribution < 1.29 is 4.42 Å². The fraction of sp³-hybridized carbons (Fsp3) is 0.0638. The monoisotopic (exact) mass is 653 g/mol. The summed E-state index contributed by atoms with van der Waals surface area (Å²) < 4.78 is 9.10. The highest BCUT2D eigenvalue weighted by Gasteiger charge is 2.39. The molecule has 7 aromatic carbocycles. The van der Waals surface area contributed by atoms with Gasteiger partial charge < -0.3 is 8.98 Å². The molecule has 240 valence electrons. The van der Waals surface area contributed by atoms with Crippen molar-refractivity contribution in [3.05, 3.63) is 163 Å². The lowest BCUT2D eigenvalue weighted by Gasteiger charge is -2.21. The molecule has 0 N–H and O–H groups in total. The van der Waals surface area contributed by atoms with Crippen LogP contribution in [0.15, 0.2) is 156 Å². The Bertz CT molecular complexity index is 3040. The SMILES string of the molecule is CC1(C)c2ccc3c(oc4ccccc43)c2-c2c1ccc1c2c2ccccc2n1-c1ccc(-c2nc(-c3ccccc3)c3ccccc3n2)cc1. The van der Waals surface area contributed by atoms with E-state index in [9.17, 15) is 0 Å². The quantitative estimate of drug-likeness (QED) is 0.191. The summed E-state index contributed by atoms with van der Waals surface area (Å²) in [5, 5.41) is 5.86. The van der Waals surface area contributed by atoms with Crippen LogP contribution in [-0.2, 0) is 5.41 Å². The zero-order valence-electron chi connectivity index (χ0n) is 28.2. The lowest BCUT2D eigenvalue weighted by Crippen LogP contribution is -2.14. The van der Waals surface area contributed by atoms with Gasteiger partial charge in [-0.15, -0.1) is 0 Å². The van der Waals surface area contributed by atoms with Crippen LogP contribution in [0.2, 0.25) is 0 Å². The van der Waals surface area contributed by atoms with Gasteiger partial charge in [-0.2, -0.15) is 0 Å². The van der Waals surface area contributed by atoms with E-state index in [0.29, 0.717) is 5.82 Å². The topological polar surface area (TPSA) is 43.9 Å². The highest BCUT2D eigenvalue weighted by molar-refractivity contribution is 6.22. The zero-order valence-corrected chi connectivity index (χ0v) is 28.2. The average molecular weight is 654 g/mol. The molecule has 3 heterocycles. The Morgan fingerprint density at radius 2 is 1.20 bits per heavy atom. The minimum absolute atomic E-state index is 0.171. The second kappa shape index (κ2) is 10.3. The van der Waals surface area contributed by atoms with Crippen LogP contribution in [0.5, 0.6) is 0 Å². The second-order valence-electron chi connectivity index (χ2n) is 14.1. The zero-order chi connectivity index (χ0) is 33.8. The first-order valence-electron chi connectivity index (χ1n) is 17.5. The molecule has 0 radical (unpaired) electrons. The summed E-state index contributed by atoms with van der Waals surface area (Å²) >= 11 is 0. The number of aromatic nitrogens is 3. The normalized spacial score (nSPS) is 13.5. The standard InChI is InChI=1S/C47H31N3O/c1-47(2)35-26-27-39-41(42(35)43-36(47)25-24-32-31-14-8-11-19-40(31)51-45(32)43)34-16-7-10-18-38(34)50(39)30-22-20-29(21-23-30)46-48-37-17-9-6-15-33(37)44(49-46)28-12-4-3-5-13-28/h3-27H,1-2H3. The average Bonchev–Trinajstić information content (AvgIpc) is 3.80. The molecule has 1 aliphatic rings. The van der Waals surface area contributed by atoms with Crippen molar-refractivity contribution in [2.75, 3.05) is 0 Å². The number of hydrogen-bond acceptors (Lipinski definition) is 3. The lowest BCUT2D eigenvalue weighted by molar-refractivity contribution is 0.653.